The fraction of sp³-hybridized carbons (Fsp3) is 0.767. The van der Waals surface area contributed by atoms with Crippen LogP contribution in [0.2, 0.25) is 0 Å². The van der Waals surface area contributed by atoms with Crippen LogP contribution in [0.1, 0.15) is 106 Å². The van der Waals surface area contributed by atoms with Gasteiger partial charge in [0.25, 0.3) is 0 Å². The summed E-state index contributed by atoms with van der Waals surface area (Å²) >= 11 is 0. The second-order valence-electron chi connectivity index (χ2n) is 12.5. The Balaban J connectivity index is 1.91. The molecule has 0 aromatic carbocycles. The Morgan fingerprint density at radius 3 is 2.50 bits per heavy atom. The van der Waals surface area contributed by atoms with Gasteiger partial charge in [-0.2, -0.15) is 0 Å². The van der Waals surface area contributed by atoms with Crippen molar-refractivity contribution in [1.82, 2.24) is 0 Å². The fourth-order valence-electron chi connectivity index (χ4n) is 8.42. The molecule has 3 rings (SSSR count). The molecular weight excluding hydrogens is 392 g/mol. The topological polar surface area (TPSA) is 37.3 Å². The molecule has 0 amide bonds. The maximum atomic E-state index is 11.5. The van der Waals surface area contributed by atoms with E-state index >= 15 is 0 Å². The zero-order valence-corrected chi connectivity index (χ0v) is 21.9. The third-order valence-electron chi connectivity index (χ3n) is 10.5. The Bertz CT molecular complexity index is 800. The first-order valence-corrected chi connectivity index (χ1v) is 13.1. The summed E-state index contributed by atoms with van der Waals surface area (Å²) in [6.07, 6.45) is 14.6. The number of carboxylic acid groups (broad SMARTS) is 1. The van der Waals surface area contributed by atoms with Gasteiger partial charge in [0.1, 0.15) is 0 Å². The van der Waals surface area contributed by atoms with E-state index in [1.54, 1.807) is 5.57 Å². The van der Waals surface area contributed by atoms with Crippen molar-refractivity contribution in [2.75, 3.05) is 0 Å². The van der Waals surface area contributed by atoms with Gasteiger partial charge in [-0.15, -0.1) is 0 Å². The molecule has 2 nitrogen and oxygen atoms in total. The smallest absolute Gasteiger partial charge is 0.303 e. The lowest BCUT2D eigenvalue weighted by Crippen LogP contribution is -2.52. The summed E-state index contributed by atoms with van der Waals surface area (Å²) in [6, 6.07) is 0. The third-order valence-corrected chi connectivity index (χ3v) is 10.5. The minimum atomic E-state index is -0.666. The van der Waals surface area contributed by atoms with Crippen LogP contribution < -0.4 is 0 Å². The van der Waals surface area contributed by atoms with Gasteiger partial charge in [0.2, 0.25) is 0 Å². The number of hydrogen-bond acceptors (Lipinski definition) is 1. The molecule has 2 saturated carbocycles. The molecule has 180 valence electrons. The van der Waals surface area contributed by atoms with Gasteiger partial charge >= 0.3 is 5.97 Å². The average molecular weight is 441 g/mol. The Morgan fingerprint density at radius 1 is 1.22 bits per heavy atom. The van der Waals surface area contributed by atoms with Crippen molar-refractivity contribution < 1.29 is 9.90 Å². The Kier molecular flexibility index (Phi) is 7.24. The van der Waals surface area contributed by atoms with Gasteiger partial charge in [-0.3, -0.25) is 4.79 Å². The molecule has 0 saturated heterocycles. The molecule has 0 aromatic heterocycles. The first-order valence-electron chi connectivity index (χ1n) is 13.1. The summed E-state index contributed by atoms with van der Waals surface area (Å²) in [4.78, 5) is 11.5. The highest BCUT2D eigenvalue weighted by atomic mass is 16.4. The molecule has 3 aliphatic rings. The second-order valence-corrected chi connectivity index (χ2v) is 12.5. The van der Waals surface area contributed by atoms with Crippen LogP contribution in [0.25, 0.3) is 0 Å². The minimum absolute atomic E-state index is 0.00575. The normalized spacial score (nSPS) is 39.5. The summed E-state index contributed by atoms with van der Waals surface area (Å²) in [6.45, 7) is 20.9. The summed E-state index contributed by atoms with van der Waals surface area (Å²) in [5.74, 6) is 1.75. The van der Waals surface area contributed by atoms with Crippen molar-refractivity contribution in [3.63, 3.8) is 0 Å². The highest BCUT2D eigenvalue weighted by Crippen LogP contribution is 2.71. The molecule has 0 bridgehead atoms. The SMILES string of the molecule is C=C(C)[C@@H]1CC=C2[C@H](CC[C@@]3(C)[C@H]([C@@H](C)CCC=C(C)C)CC[C@]23C)[C@]1(C)CCC(=O)O. The zero-order valence-electron chi connectivity index (χ0n) is 21.9. The fourth-order valence-corrected chi connectivity index (χ4v) is 8.42. The summed E-state index contributed by atoms with van der Waals surface area (Å²) in [5.41, 5.74) is 4.94. The van der Waals surface area contributed by atoms with Crippen LogP contribution in [0.5, 0.6) is 0 Å². The molecule has 0 aliphatic heterocycles. The van der Waals surface area contributed by atoms with Crippen LogP contribution in [0.3, 0.4) is 0 Å². The van der Waals surface area contributed by atoms with E-state index in [-0.39, 0.29) is 17.3 Å². The monoisotopic (exact) mass is 440 g/mol. The van der Waals surface area contributed by atoms with Gasteiger partial charge in [-0.25, -0.2) is 0 Å². The number of allylic oxidation sites excluding steroid dienone is 5. The first kappa shape index (κ1) is 25.3. The summed E-state index contributed by atoms with van der Waals surface area (Å²) in [7, 11) is 0. The van der Waals surface area contributed by atoms with Crippen LogP contribution >= 0.6 is 0 Å². The van der Waals surface area contributed by atoms with Gasteiger partial charge in [0.15, 0.2) is 0 Å². The molecule has 0 aromatic rings. The third kappa shape index (κ3) is 4.16. The number of hydrogen-bond donors (Lipinski definition) is 1. The summed E-state index contributed by atoms with van der Waals surface area (Å²) in [5, 5.41) is 9.48. The molecule has 1 N–H and O–H groups in total. The molecule has 2 fully saturated rings. The maximum Gasteiger partial charge on any atom is 0.303 e. The largest absolute Gasteiger partial charge is 0.481 e. The number of rotatable bonds is 8. The van der Waals surface area contributed by atoms with E-state index in [9.17, 15) is 9.90 Å². The van der Waals surface area contributed by atoms with E-state index in [2.05, 4.69) is 67.2 Å². The molecule has 3 aliphatic carbocycles. The molecule has 32 heavy (non-hydrogen) atoms. The lowest BCUT2D eigenvalue weighted by atomic mass is 9.44. The molecule has 0 heterocycles. The van der Waals surface area contributed by atoms with Crippen LogP contribution in [-0.4, -0.2) is 11.1 Å². The molecule has 0 unspecified atom stereocenters. The number of carboxylic acids is 1. The molecular formula is C30H48O2. The predicted molar refractivity (Wildman–Crippen MR) is 135 cm³/mol. The highest BCUT2D eigenvalue weighted by molar-refractivity contribution is 5.66. The predicted octanol–water partition coefficient (Wildman–Crippen LogP) is 8.60. The van der Waals surface area contributed by atoms with Crippen molar-refractivity contribution in [3.05, 3.63) is 35.5 Å². The zero-order chi connectivity index (χ0) is 23.9. The molecule has 2 heteroatoms. The van der Waals surface area contributed by atoms with Gasteiger partial charge in [0.05, 0.1) is 0 Å². The van der Waals surface area contributed by atoms with E-state index in [1.807, 2.05) is 0 Å². The molecule has 0 spiro atoms. The van der Waals surface area contributed by atoms with E-state index in [4.69, 9.17) is 0 Å². The van der Waals surface area contributed by atoms with Crippen molar-refractivity contribution in [2.24, 2.45) is 39.9 Å². The van der Waals surface area contributed by atoms with Crippen LogP contribution in [0.15, 0.2) is 35.5 Å². The van der Waals surface area contributed by atoms with Crippen LogP contribution in [0, 0.1) is 39.9 Å². The average Bonchev–Trinajstić information content (AvgIpc) is 2.98. The van der Waals surface area contributed by atoms with Gasteiger partial charge < -0.3 is 5.11 Å². The van der Waals surface area contributed by atoms with Gasteiger partial charge in [-0.1, -0.05) is 63.1 Å². The van der Waals surface area contributed by atoms with E-state index < -0.39 is 5.97 Å². The number of carbonyl (C=O) groups is 1. The second kappa shape index (κ2) is 9.15. The first-order chi connectivity index (χ1) is 14.9. The lowest BCUT2D eigenvalue weighted by molar-refractivity contribution is -0.138. The Hall–Kier alpha value is -1.31. The van der Waals surface area contributed by atoms with Crippen LogP contribution in [0.4, 0.5) is 0 Å². The Morgan fingerprint density at radius 2 is 1.91 bits per heavy atom. The molecule has 7 atom stereocenters. The maximum absolute atomic E-state index is 11.5. The highest BCUT2D eigenvalue weighted by Gasteiger charge is 2.63. The minimum Gasteiger partial charge on any atom is -0.481 e. The standard InChI is InChI=1S/C30H48O2/c1-20(2)10-9-11-22(5)24-14-18-30(8)26-13-12-23(21(3)4)28(6,17-16-27(31)32)25(26)15-19-29(24,30)7/h10,13,22-25H,3,9,11-12,14-19H2,1-2,4-8H3,(H,31,32)/t22-,23-,24-,25-,28+,29-,30+/m0/s1. The van der Waals surface area contributed by atoms with E-state index in [1.165, 1.54) is 49.7 Å². The van der Waals surface area contributed by atoms with Crippen LogP contribution in [-0.2, 0) is 4.79 Å². The lowest BCUT2D eigenvalue weighted by Gasteiger charge is -2.60. The Labute approximate surface area is 197 Å². The van der Waals surface area contributed by atoms with Crippen molar-refractivity contribution >= 4 is 5.97 Å². The number of fused-ring (bicyclic) bond motifs is 3. The quantitative estimate of drug-likeness (QED) is 0.384. The molecule has 0 radical (unpaired) electrons. The summed E-state index contributed by atoms with van der Waals surface area (Å²) < 4.78 is 0. The van der Waals surface area contributed by atoms with E-state index in [0.29, 0.717) is 17.3 Å². The van der Waals surface area contributed by atoms with Crippen molar-refractivity contribution in [3.8, 4) is 0 Å². The van der Waals surface area contributed by atoms with Gasteiger partial charge in [0, 0.05) is 6.42 Å². The van der Waals surface area contributed by atoms with Crippen molar-refractivity contribution in [2.45, 2.75) is 106 Å². The van der Waals surface area contributed by atoms with Crippen molar-refractivity contribution in [1.29, 1.82) is 0 Å². The number of aliphatic carboxylic acids is 1. The van der Waals surface area contributed by atoms with Gasteiger partial charge in [-0.05, 0) is 112 Å². The van der Waals surface area contributed by atoms with E-state index in [0.717, 1.165) is 24.7 Å².